The van der Waals surface area contributed by atoms with E-state index in [2.05, 4.69) is 15.0 Å². The number of halogens is 2. The zero-order chi connectivity index (χ0) is 12.4. The first-order valence-electron chi connectivity index (χ1n) is 4.87. The average Bonchev–Trinajstić information content (AvgIpc) is 2.23. The van der Waals surface area contributed by atoms with Crippen LogP contribution in [0.15, 0.2) is 18.2 Å². The molecule has 0 spiro atoms. The van der Waals surface area contributed by atoms with E-state index in [0.717, 1.165) is 11.1 Å². The molecule has 1 heterocycles. The van der Waals surface area contributed by atoms with Crippen LogP contribution in [0, 0.1) is 13.8 Å². The van der Waals surface area contributed by atoms with E-state index in [1.54, 1.807) is 0 Å². The van der Waals surface area contributed by atoms with Crippen LogP contribution in [0.1, 0.15) is 11.1 Å². The lowest BCUT2D eigenvalue weighted by Gasteiger charge is -2.08. The smallest absolute Gasteiger partial charge is 0.327 e. The van der Waals surface area contributed by atoms with Gasteiger partial charge in [0.1, 0.15) is 5.75 Å². The standard InChI is InChI=1S/C11H9Cl2N3O/c1-6-4-3-5-8(7(6)2)17-11-15-9(12)14-10(13)16-11/h3-5H,1-2H3. The van der Waals surface area contributed by atoms with Crippen molar-refractivity contribution in [1.29, 1.82) is 0 Å². The Bertz CT molecular complexity index is 540. The van der Waals surface area contributed by atoms with E-state index in [1.165, 1.54) is 0 Å². The van der Waals surface area contributed by atoms with Crippen molar-refractivity contribution in [2.24, 2.45) is 0 Å². The summed E-state index contributed by atoms with van der Waals surface area (Å²) in [6, 6.07) is 5.80. The number of benzene rings is 1. The maximum Gasteiger partial charge on any atom is 0.327 e. The molecule has 0 saturated carbocycles. The number of aromatic nitrogens is 3. The molecule has 4 nitrogen and oxygen atoms in total. The monoisotopic (exact) mass is 269 g/mol. The molecule has 0 amide bonds. The van der Waals surface area contributed by atoms with Crippen molar-refractivity contribution in [3.8, 4) is 11.8 Å². The highest BCUT2D eigenvalue weighted by Crippen LogP contribution is 2.25. The lowest BCUT2D eigenvalue weighted by molar-refractivity contribution is 0.436. The van der Waals surface area contributed by atoms with Crippen LogP contribution in [-0.4, -0.2) is 15.0 Å². The van der Waals surface area contributed by atoms with E-state index in [1.807, 2.05) is 32.0 Å². The maximum absolute atomic E-state index is 5.66. The van der Waals surface area contributed by atoms with E-state index in [-0.39, 0.29) is 16.6 Å². The summed E-state index contributed by atoms with van der Waals surface area (Å²) in [7, 11) is 0. The van der Waals surface area contributed by atoms with Crippen LogP contribution < -0.4 is 4.74 Å². The summed E-state index contributed by atoms with van der Waals surface area (Å²) < 4.78 is 5.52. The van der Waals surface area contributed by atoms with Gasteiger partial charge in [0, 0.05) is 0 Å². The normalized spacial score (nSPS) is 10.4. The second-order valence-electron chi connectivity index (χ2n) is 3.46. The first kappa shape index (κ1) is 12.1. The van der Waals surface area contributed by atoms with Gasteiger partial charge in [0.05, 0.1) is 0 Å². The molecule has 0 fully saturated rings. The summed E-state index contributed by atoms with van der Waals surface area (Å²) >= 11 is 11.3. The molecule has 2 aromatic rings. The molecule has 0 saturated heterocycles. The minimum atomic E-state index is 0.00491. The Hall–Kier alpha value is -1.39. The largest absolute Gasteiger partial charge is 0.424 e. The summed E-state index contributed by atoms with van der Waals surface area (Å²) in [5.41, 5.74) is 2.13. The summed E-state index contributed by atoms with van der Waals surface area (Å²) in [5, 5.41) is 0.00983. The Morgan fingerprint density at radius 3 is 2.29 bits per heavy atom. The SMILES string of the molecule is Cc1cccc(Oc2nc(Cl)nc(Cl)n2)c1C. The van der Waals surface area contributed by atoms with Gasteiger partial charge in [0.2, 0.25) is 10.6 Å². The maximum atomic E-state index is 5.66. The highest BCUT2D eigenvalue weighted by atomic mass is 35.5. The zero-order valence-electron chi connectivity index (χ0n) is 9.24. The van der Waals surface area contributed by atoms with Gasteiger partial charge in [0.25, 0.3) is 0 Å². The van der Waals surface area contributed by atoms with Crippen molar-refractivity contribution in [3.05, 3.63) is 39.9 Å². The van der Waals surface area contributed by atoms with Gasteiger partial charge in [-0.25, -0.2) is 0 Å². The van der Waals surface area contributed by atoms with Gasteiger partial charge in [-0.05, 0) is 54.2 Å². The summed E-state index contributed by atoms with van der Waals surface area (Å²) in [6.45, 7) is 3.95. The Morgan fingerprint density at radius 2 is 1.65 bits per heavy atom. The van der Waals surface area contributed by atoms with Crippen molar-refractivity contribution < 1.29 is 4.74 Å². The van der Waals surface area contributed by atoms with Gasteiger partial charge in [-0.15, -0.1) is 0 Å². The van der Waals surface area contributed by atoms with E-state index in [4.69, 9.17) is 27.9 Å². The van der Waals surface area contributed by atoms with E-state index < -0.39 is 0 Å². The molecule has 0 bridgehead atoms. The number of ether oxygens (including phenoxy) is 1. The minimum Gasteiger partial charge on any atom is -0.424 e. The Labute approximate surface area is 109 Å². The van der Waals surface area contributed by atoms with Crippen LogP contribution in [-0.2, 0) is 0 Å². The molecule has 0 N–H and O–H groups in total. The molecule has 88 valence electrons. The van der Waals surface area contributed by atoms with Gasteiger partial charge < -0.3 is 4.74 Å². The van der Waals surface area contributed by atoms with Crippen LogP contribution in [0.2, 0.25) is 10.6 Å². The van der Waals surface area contributed by atoms with E-state index >= 15 is 0 Å². The molecule has 17 heavy (non-hydrogen) atoms. The van der Waals surface area contributed by atoms with Crippen molar-refractivity contribution in [3.63, 3.8) is 0 Å². The number of nitrogens with zero attached hydrogens (tertiary/aromatic N) is 3. The average molecular weight is 270 g/mol. The van der Waals surface area contributed by atoms with Gasteiger partial charge in [-0.2, -0.15) is 15.0 Å². The van der Waals surface area contributed by atoms with Gasteiger partial charge in [-0.1, -0.05) is 12.1 Å². The van der Waals surface area contributed by atoms with Crippen LogP contribution >= 0.6 is 23.2 Å². The molecule has 0 atom stereocenters. The summed E-state index contributed by atoms with van der Waals surface area (Å²) in [5.74, 6) is 0.670. The van der Waals surface area contributed by atoms with Gasteiger partial charge in [-0.3, -0.25) is 0 Å². The first-order valence-corrected chi connectivity index (χ1v) is 5.63. The third kappa shape index (κ3) is 2.84. The molecule has 6 heteroatoms. The third-order valence-corrected chi connectivity index (χ3v) is 2.65. The Balaban J connectivity index is 2.34. The van der Waals surface area contributed by atoms with Crippen molar-refractivity contribution >= 4 is 23.2 Å². The minimum absolute atomic E-state index is 0.00491. The van der Waals surface area contributed by atoms with Crippen molar-refractivity contribution in [2.75, 3.05) is 0 Å². The van der Waals surface area contributed by atoms with E-state index in [0.29, 0.717) is 5.75 Å². The van der Waals surface area contributed by atoms with Crippen LogP contribution in [0.4, 0.5) is 0 Å². The quantitative estimate of drug-likeness (QED) is 0.836. The molecule has 2 rings (SSSR count). The fourth-order valence-electron chi connectivity index (χ4n) is 1.29. The Morgan fingerprint density at radius 1 is 1.00 bits per heavy atom. The first-order chi connectivity index (χ1) is 8.06. The molecule has 0 aliphatic carbocycles. The highest BCUT2D eigenvalue weighted by molar-refractivity contribution is 6.31. The molecule has 0 unspecified atom stereocenters. The lowest BCUT2D eigenvalue weighted by Crippen LogP contribution is -1.97. The van der Waals surface area contributed by atoms with E-state index in [9.17, 15) is 0 Å². The predicted molar refractivity (Wildman–Crippen MR) is 65.8 cm³/mol. The fraction of sp³-hybridized carbons (Fsp3) is 0.182. The molecule has 1 aromatic carbocycles. The molecular weight excluding hydrogens is 261 g/mol. The second-order valence-corrected chi connectivity index (χ2v) is 4.13. The van der Waals surface area contributed by atoms with Crippen LogP contribution in [0.25, 0.3) is 0 Å². The van der Waals surface area contributed by atoms with Gasteiger partial charge >= 0.3 is 6.01 Å². The molecule has 0 aliphatic rings. The number of hydrogen-bond acceptors (Lipinski definition) is 4. The lowest BCUT2D eigenvalue weighted by atomic mass is 10.1. The molecule has 0 radical (unpaired) electrons. The number of rotatable bonds is 2. The Kier molecular flexibility index (Phi) is 3.45. The third-order valence-electron chi connectivity index (χ3n) is 2.32. The molecule has 0 aliphatic heterocycles. The number of hydrogen-bond donors (Lipinski definition) is 0. The zero-order valence-corrected chi connectivity index (χ0v) is 10.7. The summed E-state index contributed by atoms with van der Waals surface area (Å²) in [6.07, 6.45) is 0. The summed E-state index contributed by atoms with van der Waals surface area (Å²) in [4.78, 5) is 11.3. The molecular formula is C11H9Cl2N3O. The van der Waals surface area contributed by atoms with Gasteiger partial charge in [0.15, 0.2) is 0 Å². The van der Waals surface area contributed by atoms with Crippen LogP contribution in [0.3, 0.4) is 0 Å². The topological polar surface area (TPSA) is 47.9 Å². The number of aryl methyl sites for hydroxylation is 1. The predicted octanol–water partition coefficient (Wildman–Crippen LogP) is 3.59. The van der Waals surface area contributed by atoms with Crippen molar-refractivity contribution in [1.82, 2.24) is 15.0 Å². The van der Waals surface area contributed by atoms with Crippen LogP contribution in [0.5, 0.6) is 11.8 Å². The van der Waals surface area contributed by atoms with Crippen molar-refractivity contribution in [2.45, 2.75) is 13.8 Å². The second kappa shape index (κ2) is 4.85. The fourth-order valence-corrected chi connectivity index (χ4v) is 1.64. The molecule has 1 aromatic heterocycles. The highest BCUT2D eigenvalue weighted by Gasteiger charge is 2.08.